The number of nitrogens with zero attached hydrogens (tertiary/aromatic N) is 5. The first kappa shape index (κ1) is 39.4. The minimum Gasteiger partial charge on any atom is -0.493 e. The highest BCUT2D eigenvalue weighted by atomic mass is 35.5. The van der Waals surface area contributed by atoms with Crippen LogP contribution < -0.4 is 29.6 Å². The normalized spacial score (nSPS) is 10.0. The molecule has 19 heteroatoms. The summed E-state index contributed by atoms with van der Waals surface area (Å²) in [4.78, 5) is 50.8. The molecule has 6 rings (SSSR count). The molecule has 0 saturated heterocycles. The van der Waals surface area contributed by atoms with Crippen molar-refractivity contribution in [3.05, 3.63) is 88.5 Å². The minimum atomic E-state index is -0.260. The largest absolute Gasteiger partial charge is 0.493 e. The van der Waals surface area contributed by atoms with Gasteiger partial charge in [0.2, 0.25) is 11.8 Å². The number of anilines is 2. The van der Waals surface area contributed by atoms with Crippen molar-refractivity contribution in [2.24, 2.45) is 0 Å². The van der Waals surface area contributed by atoms with Crippen LogP contribution in [-0.4, -0.2) is 81.8 Å². The molecular weight excluding hydrogens is 744 g/mol. The fraction of sp³-hybridized carbons (Fsp3) is 0.176. The second kappa shape index (κ2) is 19.3. The molecule has 6 aromatic rings. The van der Waals surface area contributed by atoms with Crippen LogP contribution in [0.1, 0.15) is 0 Å². The molecule has 0 spiro atoms. The SMILES string of the molecule is COc1ccc(NC(=O)CCl)cc1OC.[C-]#[N+]c1cc2[nH]c(=S)[nH]c2cn1.[C-]#[N+]c1cc2nc(SCC(=O)Nc3ccc(OC)c(OC)c3)[nH]c2cn1. The van der Waals surface area contributed by atoms with E-state index in [1.807, 2.05) is 0 Å². The van der Waals surface area contributed by atoms with Gasteiger partial charge in [-0.1, -0.05) is 24.9 Å². The molecule has 16 nitrogen and oxygen atoms in total. The number of methoxy groups -OCH3 is 4. The highest BCUT2D eigenvalue weighted by Crippen LogP contribution is 2.31. The summed E-state index contributed by atoms with van der Waals surface area (Å²) < 4.78 is 21.1. The van der Waals surface area contributed by atoms with Gasteiger partial charge in [-0.25, -0.2) is 4.98 Å². The van der Waals surface area contributed by atoms with Gasteiger partial charge in [-0.15, -0.1) is 21.6 Å². The van der Waals surface area contributed by atoms with E-state index in [9.17, 15) is 9.59 Å². The number of thioether (sulfide) groups is 1. The molecule has 0 aliphatic carbocycles. The van der Waals surface area contributed by atoms with Crippen LogP contribution in [0, 0.1) is 17.9 Å². The molecule has 272 valence electrons. The summed E-state index contributed by atoms with van der Waals surface area (Å²) in [7, 11) is 6.17. The van der Waals surface area contributed by atoms with E-state index in [-0.39, 0.29) is 29.3 Å². The van der Waals surface area contributed by atoms with Crippen LogP contribution in [0.4, 0.5) is 23.0 Å². The van der Waals surface area contributed by atoms with Crippen LogP contribution in [0.5, 0.6) is 23.0 Å². The van der Waals surface area contributed by atoms with Crippen molar-refractivity contribution in [1.82, 2.24) is 29.9 Å². The number of hydrogen-bond donors (Lipinski definition) is 5. The molecule has 53 heavy (non-hydrogen) atoms. The van der Waals surface area contributed by atoms with E-state index in [1.165, 1.54) is 26.0 Å². The molecule has 0 radical (unpaired) electrons. The first-order chi connectivity index (χ1) is 25.6. The van der Waals surface area contributed by atoms with Gasteiger partial charge in [0.15, 0.2) is 32.9 Å². The maximum Gasteiger partial charge on any atom is 0.271 e. The summed E-state index contributed by atoms with van der Waals surface area (Å²) in [6, 6.07) is 13.5. The smallest absolute Gasteiger partial charge is 0.271 e. The van der Waals surface area contributed by atoms with Gasteiger partial charge < -0.3 is 54.2 Å². The Labute approximate surface area is 317 Å². The van der Waals surface area contributed by atoms with Gasteiger partial charge >= 0.3 is 0 Å². The van der Waals surface area contributed by atoms with Crippen LogP contribution in [0.2, 0.25) is 0 Å². The second-order valence-corrected chi connectivity index (χ2v) is 11.8. The quantitative estimate of drug-likeness (QED) is 0.0406. The average Bonchev–Trinajstić information content (AvgIpc) is 3.78. The predicted molar refractivity (Wildman–Crippen MR) is 205 cm³/mol. The average molecular weight is 775 g/mol. The molecule has 5 N–H and O–H groups in total. The molecule has 0 atom stereocenters. The fourth-order valence-electron chi connectivity index (χ4n) is 4.34. The van der Waals surface area contributed by atoms with Crippen molar-refractivity contribution in [2.45, 2.75) is 5.16 Å². The number of H-pyrrole nitrogens is 3. The summed E-state index contributed by atoms with van der Waals surface area (Å²) in [6.07, 6.45) is 3.15. The van der Waals surface area contributed by atoms with Crippen molar-refractivity contribution in [3.63, 3.8) is 0 Å². The number of halogens is 1. The zero-order valence-corrected chi connectivity index (χ0v) is 31.0. The van der Waals surface area contributed by atoms with E-state index < -0.39 is 0 Å². The molecule has 0 aliphatic heterocycles. The summed E-state index contributed by atoms with van der Waals surface area (Å²) >= 11 is 11.5. The van der Waals surface area contributed by atoms with Crippen LogP contribution in [0.3, 0.4) is 0 Å². The molecule has 0 unspecified atom stereocenters. The fourth-order valence-corrected chi connectivity index (χ4v) is 5.31. The van der Waals surface area contributed by atoms with Crippen molar-refractivity contribution in [1.29, 1.82) is 0 Å². The Morgan fingerprint density at radius 2 is 1.28 bits per heavy atom. The first-order valence-electron chi connectivity index (χ1n) is 15.0. The van der Waals surface area contributed by atoms with Crippen LogP contribution >= 0.6 is 35.6 Å². The molecular formula is C34H31ClN10O6S2. The van der Waals surface area contributed by atoms with Crippen molar-refractivity contribution < 1.29 is 28.5 Å². The summed E-state index contributed by atoms with van der Waals surface area (Å²) in [5.74, 6) is 2.62. The molecule has 0 bridgehead atoms. The summed E-state index contributed by atoms with van der Waals surface area (Å²) in [5, 5.41) is 6.00. The third-order valence-corrected chi connectivity index (χ3v) is 8.06. The van der Waals surface area contributed by atoms with E-state index in [2.05, 4.69) is 50.2 Å². The Hall–Kier alpha value is -6.34. The number of benzene rings is 2. The van der Waals surface area contributed by atoms with Gasteiger partial charge in [0, 0.05) is 23.5 Å². The Kier molecular flexibility index (Phi) is 14.4. The Morgan fingerprint density at radius 1 is 0.755 bits per heavy atom. The van der Waals surface area contributed by atoms with E-state index in [4.69, 9.17) is 55.9 Å². The zero-order chi connectivity index (χ0) is 38.3. The first-order valence-corrected chi connectivity index (χ1v) is 17.0. The van der Waals surface area contributed by atoms with Crippen LogP contribution in [0.15, 0.2) is 66.1 Å². The standard InChI is InChI=1S/C17H15N5O3S.C10H12ClNO3.C7H4N4S/c1-18-15-7-11-12(8-19-15)22-17(21-11)26-9-16(23)20-10-4-5-13(24-2)14(6-10)25-3;1-14-8-4-3-7(5-9(8)15-2)12-10(13)6-11;1-8-6-2-4-5(3-9-6)11-7(12)10-4/h4-8H,9H2,2-3H3,(H,20,23)(H,21,22);3-5H,6H2,1-2H3,(H,12,13);2-3H,(H2,10,11,12). The van der Waals surface area contributed by atoms with Gasteiger partial charge in [-0.3, -0.25) is 9.59 Å². The molecule has 0 aliphatic rings. The monoisotopic (exact) mass is 774 g/mol. The lowest BCUT2D eigenvalue weighted by Crippen LogP contribution is -2.14. The zero-order valence-electron chi connectivity index (χ0n) is 28.6. The third-order valence-electron chi connectivity index (χ3n) is 6.74. The number of carbonyl (C=O) groups is 2. The molecule has 4 aromatic heterocycles. The maximum absolute atomic E-state index is 12.2. The van der Waals surface area contributed by atoms with Crippen molar-refractivity contribution >= 4 is 92.5 Å². The van der Waals surface area contributed by atoms with Gasteiger partial charge in [0.05, 0.1) is 45.2 Å². The number of alkyl halides is 1. The third kappa shape index (κ3) is 11.1. The highest BCUT2D eigenvalue weighted by Gasteiger charge is 2.11. The number of pyridine rings is 2. The number of amides is 2. The Morgan fingerprint density at radius 3 is 1.83 bits per heavy atom. The predicted octanol–water partition coefficient (Wildman–Crippen LogP) is 7.31. The number of aromatic amines is 3. The molecule has 0 fully saturated rings. The molecule has 0 saturated carbocycles. The second-order valence-electron chi connectivity index (χ2n) is 10.2. The highest BCUT2D eigenvalue weighted by molar-refractivity contribution is 7.99. The van der Waals surface area contributed by atoms with Gasteiger partial charge in [0.1, 0.15) is 29.3 Å². The van der Waals surface area contributed by atoms with Crippen molar-refractivity contribution in [2.75, 3.05) is 50.7 Å². The number of carbonyl (C=O) groups excluding carboxylic acids is 2. The maximum atomic E-state index is 12.2. The number of ether oxygens (including phenoxy) is 4. The Bertz CT molecular complexity index is 2370. The van der Waals surface area contributed by atoms with Gasteiger partial charge in [-0.2, -0.15) is 0 Å². The summed E-state index contributed by atoms with van der Waals surface area (Å²) in [5.41, 5.74) is 4.25. The molecule has 4 heterocycles. The van der Waals surface area contributed by atoms with E-state index in [0.717, 1.165) is 16.6 Å². The lowest BCUT2D eigenvalue weighted by atomic mass is 10.2. The summed E-state index contributed by atoms with van der Waals surface area (Å²) in [6.45, 7) is 13.7. The number of fused-ring (bicyclic) bond motifs is 2. The van der Waals surface area contributed by atoms with E-state index in [1.54, 1.807) is 75.1 Å². The minimum absolute atomic E-state index is 0.0751. The van der Waals surface area contributed by atoms with Gasteiger partial charge in [0.25, 0.3) is 11.6 Å². The number of aromatic nitrogens is 6. The number of rotatable bonds is 10. The lowest BCUT2D eigenvalue weighted by Gasteiger charge is -2.10. The van der Waals surface area contributed by atoms with Crippen molar-refractivity contribution in [3.8, 4) is 23.0 Å². The van der Waals surface area contributed by atoms with E-state index in [0.29, 0.717) is 55.6 Å². The van der Waals surface area contributed by atoms with Crippen LogP contribution in [0.25, 0.3) is 31.8 Å². The topological polar surface area (TPSA) is 190 Å². The molecule has 2 aromatic carbocycles. The van der Waals surface area contributed by atoms with Crippen LogP contribution in [-0.2, 0) is 9.59 Å². The van der Waals surface area contributed by atoms with Gasteiger partial charge in [-0.05, 0) is 48.6 Å². The Balaban J connectivity index is 0.000000196. The number of hydrogen-bond acceptors (Lipinski definition) is 11. The number of nitrogens with one attached hydrogen (secondary N) is 5. The lowest BCUT2D eigenvalue weighted by molar-refractivity contribution is -0.114. The molecule has 2 amide bonds. The number of imidazole rings is 2. The van der Waals surface area contributed by atoms with E-state index >= 15 is 0 Å².